The lowest BCUT2D eigenvalue weighted by Crippen LogP contribution is -2.44. The van der Waals surface area contributed by atoms with Crippen LogP contribution in [0.3, 0.4) is 0 Å². The predicted octanol–water partition coefficient (Wildman–Crippen LogP) is 2.72. The second kappa shape index (κ2) is 5.70. The molecule has 0 aliphatic carbocycles. The Kier molecular flexibility index (Phi) is 4.17. The largest absolute Gasteiger partial charge is 0.459 e. The van der Waals surface area contributed by atoms with Crippen LogP contribution in [0.15, 0.2) is 32.5 Å². The summed E-state index contributed by atoms with van der Waals surface area (Å²) in [7, 11) is 0. The number of carbonyl (C=O) groups is 1. The van der Waals surface area contributed by atoms with Crippen molar-refractivity contribution >= 4 is 17.7 Å². The van der Waals surface area contributed by atoms with Gasteiger partial charge in [-0.3, -0.25) is 4.79 Å². The van der Waals surface area contributed by atoms with E-state index in [-0.39, 0.29) is 16.7 Å². The molecule has 0 unspecified atom stereocenters. The van der Waals surface area contributed by atoms with Gasteiger partial charge in [-0.2, -0.15) is 0 Å². The molecule has 0 radical (unpaired) electrons. The highest BCUT2D eigenvalue weighted by molar-refractivity contribution is 8.00. The lowest BCUT2D eigenvalue weighted by Gasteiger charge is -2.22. The third-order valence-corrected chi connectivity index (χ3v) is 3.22. The first-order chi connectivity index (χ1) is 9.35. The molecule has 0 saturated heterocycles. The van der Waals surface area contributed by atoms with Gasteiger partial charge in [0.05, 0.1) is 11.5 Å². The van der Waals surface area contributed by atoms with Crippen molar-refractivity contribution in [2.24, 2.45) is 0 Å². The molecule has 2 heterocycles. The zero-order valence-electron chi connectivity index (χ0n) is 11.8. The van der Waals surface area contributed by atoms with E-state index in [4.69, 9.17) is 8.83 Å². The topological polar surface area (TPSA) is 81.2 Å². The number of nitrogens with one attached hydrogen (secondary N) is 1. The lowest BCUT2D eigenvalue weighted by molar-refractivity contribution is -0.121. The molecular weight excluding hydrogens is 278 g/mol. The standard InChI is InChI=1S/C13H17N3O3S/c1-8(10(17)14-13(2,3)4)20-12-16-15-11(19-12)9-6-5-7-18-9/h5-8H,1-4H3,(H,14,17)/t8-/m1/s1. The molecular formula is C13H17N3O3S. The molecule has 2 rings (SSSR count). The molecule has 0 aromatic carbocycles. The minimum absolute atomic E-state index is 0.0692. The van der Waals surface area contributed by atoms with Crippen LogP contribution in [0.2, 0.25) is 0 Å². The monoisotopic (exact) mass is 295 g/mol. The number of hydrogen-bond donors (Lipinski definition) is 1. The van der Waals surface area contributed by atoms with Gasteiger partial charge in [-0.05, 0) is 39.8 Å². The van der Waals surface area contributed by atoms with E-state index in [9.17, 15) is 4.79 Å². The second-order valence-electron chi connectivity index (χ2n) is 5.35. The van der Waals surface area contributed by atoms with Crippen LogP contribution in [0.5, 0.6) is 0 Å². The van der Waals surface area contributed by atoms with E-state index in [1.54, 1.807) is 19.1 Å². The third kappa shape index (κ3) is 3.86. The van der Waals surface area contributed by atoms with Crippen molar-refractivity contribution in [2.75, 3.05) is 0 Å². The van der Waals surface area contributed by atoms with Crippen LogP contribution in [-0.4, -0.2) is 26.9 Å². The van der Waals surface area contributed by atoms with Crippen LogP contribution in [0.25, 0.3) is 11.7 Å². The molecule has 1 amide bonds. The number of rotatable bonds is 4. The molecule has 2 aromatic heterocycles. The first kappa shape index (κ1) is 14.6. The highest BCUT2D eigenvalue weighted by Gasteiger charge is 2.22. The highest BCUT2D eigenvalue weighted by atomic mass is 32.2. The van der Waals surface area contributed by atoms with Crippen molar-refractivity contribution in [3.05, 3.63) is 18.4 Å². The van der Waals surface area contributed by atoms with Crippen molar-refractivity contribution < 1.29 is 13.6 Å². The summed E-state index contributed by atoms with van der Waals surface area (Å²) < 4.78 is 10.6. The molecule has 0 aliphatic heterocycles. The summed E-state index contributed by atoms with van der Waals surface area (Å²) in [6.07, 6.45) is 1.53. The second-order valence-corrected chi connectivity index (χ2v) is 6.64. The summed E-state index contributed by atoms with van der Waals surface area (Å²) in [5.74, 6) is 0.748. The van der Waals surface area contributed by atoms with E-state index in [2.05, 4.69) is 15.5 Å². The van der Waals surface area contributed by atoms with Gasteiger partial charge in [0.2, 0.25) is 5.91 Å². The maximum Gasteiger partial charge on any atom is 0.284 e. The molecule has 0 saturated carbocycles. The molecule has 1 N–H and O–H groups in total. The molecule has 0 spiro atoms. The summed E-state index contributed by atoms with van der Waals surface area (Å²) in [5, 5.41) is 10.7. The van der Waals surface area contributed by atoms with Gasteiger partial charge >= 0.3 is 0 Å². The predicted molar refractivity (Wildman–Crippen MR) is 75.2 cm³/mol. The van der Waals surface area contributed by atoms with Gasteiger partial charge in [0.15, 0.2) is 5.76 Å². The van der Waals surface area contributed by atoms with Gasteiger partial charge in [0, 0.05) is 5.54 Å². The molecule has 1 atom stereocenters. The number of furan rings is 1. The minimum atomic E-state index is -0.320. The first-order valence-electron chi connectivity index (χ1n) is 6.21. The molecule has 0 aliphatic rings. The fraction of sp³-hybridized carbons (Fsp3) is 0.462. The Morgan fingerprint density at radius 1 is 1.40 bits per heavy atom. The van der Waals surface area contributed by atoms with E-state index >= 15 is 0 Å². The Bertz CT molecular complexity index is 572. The number of nitrogens with zero attached hydrogens (tertiary/aromatic N) is 2. The number of hydrogen-bond acceptors (Lipinski definition) is 6. The first-order valence-corrected chi connectivity index (χ1v) is 7.09. The molecule has 108 valence electrons. The summed E-state index contributed by atoms with van der Waals surface area (Å²) in [5.41, 5.74) is -0.264. The average molecular weight is 295 g/mol. The fourth-order valence-electron chi connectivity index (χ4n) is 1.43. The van der Waals surface area contributed by atoms with Gasteiger partial charge in [0.1, 0.15) is 0 Å². The Hall–Kier alpha value is -1.76. The maximum absolute atomic E-state index is 12.0. The molecule has 7 heteroatoms. The van der Waals surface area contributed by atoms with E-state index in [1.165, 1.54) is 18.0 Å². The van der Waals surface area contributed by atoms with E-state index in [0.717, 1.165) is 0 Å². The molecule has 0 fully saturated rings. The number of amides is 1. The summed E-state index contributed by atoms with van der Waals surface area (Å²) in [4.78, 5) is 12.0. The van der Waals surface area contributed by atoms with Gasteiger partial charge in [0.25, 0.3) is 11.1 Å². The van der Waals surface area contributed by atoms with Crippen LogP contribution in [0.1, 0.15) is 27.7 Å². The SMILES string of the molecule is C[C@@H](Sc1nnc(-c2ccco2)o1)C(=O)NC(C)(C)C. The zero-order valence-corrected chi connectivity index (χ0v) is 12.7. The maximum atomic E-state index is 12.0. The van der Waals surface area contributed by atoms with E-state index in [1.807, 2.05) is 20.8 Å². The smallest absolute Gasteiger partial charge is 0.284 e. The van der Waals surface area contributed by atoms with Crippen molar-refractivity contribution in [3.8, 4) is 11.7 Å². The number of thioether (sulfide) groups is 1. The van der Waals surface area contributed by atoms with Gasteiger partial charge in [-0.1, -0.05) is 11.8 Å². The Balaban J connectivity index is 1.98. The highest BCUT2D eigenvalue weighted by Crippen LogP contribution is 2.26. The van der Waals surface area contributed by atoms with Crippen molar-refractivity contribution in [1.82, 2.24) is 15.5 Å². The third-order valence-electron chi connectivity index (χ3n) is 2.28. The van der Waals surface area contributed by atoms with Crippen molar-refractivity contribution in [3.63, 3.8) is 0 Å². The minimum Gasteiger partial charge on any atom is -0.459 e. The average Bonchev–Trinajstić information content (AvgIpc) is 2.95. The van der Waals surface area contributed by atoms with E-state index < -0.39 is 0 Å². The van der Waals surface area contributed by atoms with Gasteiger partial charge in [-0.25, -0.2) is 0 Å². The van der Waals surface area contributed by atoms with Crippen LogP contribution in [0, 0.1) is 0 Å². The molecule has 6 nitrogen and oxygen atoms in total. The van der Waals surface area contributed by atoms with E-state index in [0.29, 0.717) is 16.9 Å². The van der Waals surface area contributed by atoms with Crippen molar-refractivity contribution in [1.29, 1.82) is 0 Å². The zero-order chi connectivity index (χ0) is 14.8. The van der Waals surface area contributed by atoms with Crippen LogP contribution < -0.4 is 5.32 Å². The normalized spacial score (nSPS) is 13.2. The van der Waals surface area contributed by atoms with Crippen LogP contribution in [0.4, 0.5) is 0 Å². The quantitative estimate of drug-likeness (QED) is 0.873. The van der Waals surface area contributed by atoms with Crippen LogP contribution in [-0.2, 0) is 4.79 Å². The summed E-state index contributed by atoms with van der Waals surface area (Å²) in [6.45, 7) is 7.60. The molecule has 20 heavy (non-hydrogen) atoms. The number of carbonyl (C=O) groups excluding carboxylic acids is 1. The fourth-order valence-corrected chi connectivity index (χ4v) is 2.12. The van der Waals surface area contributed by atoms with Gasteiger partial charge < -0.3 is 14.2 Å². The number of aromatic nitrogens is 2. The summed E-state index contributed by atoms with van der Waals surface area (Å²) >= 11 is 1.22. The lowest BCUT2D eigenvalue weighted by atomic mass is 10.1. The summed E-state index contributed by atoms with van der Waals surface area (Å²) in [6, 6.07) is 3.48. The molecule has 2 aromatic rings. The Morgan fingerprint density at radius 3 is 2.75 bits per heavy atom. The Morgan fingerprint density at radius 2 is 2.15 bits per heavy atom. The van der Waals surface area contributed by atoms with Crippen molar-refractivity contribution in [2.45, 2.75) is 43.7 Å². The van der Waals surface area contributed by atoms with Crippen LogP contribution >= 0.6 is 11.8 Å². The Labute approximate surface area is 121 Å². The molecule has 0 bridgehead atoms. The van der Waals surface area contributed by atoms with Gasteiger partial charge in [-0.15, -0.1) is 10.2 Å².